The zero-order valence-corrected chi connectivity index (χ0v) is 12.9. The first-order chi connectivity index (χ1) is 9.08. The Hall–Kier alpha value is -0.610. The molecule has 1 saturated heterocycles. The van der Waals surface area contributed by atoms with Crippen molar-refractivity contribution < 1.29 is 4.79 Å². The van der Waals surface area contributed by atoms with Crippen LogP contribution in [0.3, 0.4) is 0 Å². The lowest BCUT2D eigenvalue weighted by Crippen LogP contribution is -2.42. The summed E-state index contributed by atoms with van der Waals surface area (Å²) in [6, 6.07) is 0.292. The van der Waals surface area contributed by atoms with Gasteiger partial charge in [0.2, 0.25) is 5.91 Å². The standard InChI is InChI=1S/C15H31N3O/c1-4-18(5-2)15(19)9-7-11-17-10-6-8-14(12-17)13(3)16/h13-14H,4-12,16H2,1-3H3. The summed E-state index contributed by atoms with van der Waals surface area (Å²) in [7, 11) is 0. The molecule has 0 aromatic carbocycles. The third-order valence-electron chi connectivity index (χ3n) is 4.27. The van der Waals surface area contributed by atoms with E-state index in [1.54, 1.807) is 0 Å². The smallest absolute Gasteiger partial charge is 0.222 e. The predicted octanol–water partition coefficient (Wildman–Crippen LogP) is 1.69. The first kappa shape index (κ1) is 16.4. The van der Waals surface area contributed by atoms with Crippen LogP contribution in [-0.2, 0) is 4.79 Å². The van der Waals surface area contributed by atoms with Crippen LogP contribution in [0.2, 0.25) is 0 Å². The number of rotatable bonds is 7. The monoisotopic (exact) mass is 269 g/mol. The van der Waals surface area contributed by atoms with Gasteiger partial charge >= 0.3 is 0 Å². The number of carbonyl (C=O) groups excluding carboxylic acids is 1. The number of amides is 1. The lowest BCUT2D eigenvalue weighted by molar-refractivity contribution is -0.131. The van der Waals surface area contributed by atoms with E-state index in [4.69, 9.17) is 5.73 Å². The summed E-state index contributed by atoms with van der Waals surface area (Å²) in [5.41, 5.74) is 5.99. The van der Waals surface area contributed by atoms with E-state index in [0.29, 0.717) is 24.3 Å². The average Bonchev–Trinajstić information content (AvgIpc) is 2.40. The number of hydrogen-bond acceptors (Lipinski definition) is 3. The number of hydrogen-bond donors (Lipinski definition) is 1. The highest BCUT2D eigenvalue weighted by Gasteiger charge is 2.22. The van der Waals surface area contributed by atoms with Crippen LogP contribution >= 0.6 is 0 Å². The minimum absolute atomic E-state index is 0.292. The molecule has 0 spiro atoms. The molecule has 0 aliphatic carbocycles. The maximum Gasteiger partial charge on any atom is 0.222 e. The Morgan fingerprint density at radius 2 is 2.11 bits per heavy atom. The average molecular weight is 269 g/mol. The molecule has 0 radical (unpaired) electrons. The van der Waals surface area contributed by atoms with Crippen LogP contribution in [0.4, 0.5) is 0 Å². The van der Waals surface area contributed by atoms with Crippen LogP contribution < -0.4 is 5.73 Å². The maximum absolute atomic E-state index is 11.9. The number of nitrogens with two attached hydrogens (primary N) is 1. The van der Waals surface area contributed by atoms with E-state index in [0.717, 1.165) is 32.6 Å². The van der Waals surface area contributed by atoms with Crippen molar-refractivity contribution in [1.82, 2.24) is 9.80 Å². The molecule has 1 aliphatic rings. The van der Waals surface area contributed by atoms with Gasteiger partial charge in [-0.1, -0.05) is 0 Å². The summed E-state index contributed by atoms with van der Waals surface area (Å²) in [4.78, 5) is 16.3. The van der Waals surface area contributed by atoms with Gasteiger partial charge < -0.3 is 15.5 Å². The molecule has 1 heterocycles. The zero-order chi connectivity index (χ0) is 14.3. The Morgan fingerprint density at radius 1 is 1.42 bits per heavy atom. The zero-order valence-electron chi connectivity index (χ0n) is 12.9. The molecule has 112 valence electrons. The van der Waals surface area contributed by atoms with Gasteiger partial charge in [-0.25, -0.2) is 0 Å². The van der Waals surface area contributed by atoms with E-state index in [-0.39, 0.29) is 0 Å². The Bertz CT molecular complexity index is 264. The molecule has 0 saturated carbocycles. The van der Waals surface area contributed by atoms with Crippen molar-refractivity contribution >= 4 is 5.91 Å². The minimum atomic E-state index is 0.292. The fourth-order valence-electron chi connectivity index (χ4n) is 2.91. The summed E-state index contributed by atoms with van der Waals surface area (Å²) >= 11 is 0. The molecule has 2 unspecified atom stereocenters. The van der Waals surface area contributed by atoms with Crippen molar-refractivity contribution in [1.29, 1.82) is 0 Å². The molecule has 1 rings (SSSR count). The van der Waals surface area contributed by atoms with Gasteiger partial charge in [-0.3, -0.25) is 4.79 Å². The molecular weight excluding hydrogens is 238 g/mol. The summed E-state index contributed by atoms with van der Waals surface area (Å²) in [5, 5.41) is 0. The third kappa shape index (κ3) is 5.49. The Morgan fingerprint density at radius 3 is 2.68 bits per heavy atom. The van der Waals surface area contributed by atoms with Crippen LogP contribution in [0.5, 0.6) is 0 Å². The molecule has 0 bridgehead atoms. The topological polar surface area (TPSA) is 49.6 Å². The number of likely N-dealkylation sites (tertiary alicyclic amines) is 1. The fraction of sp³-hybridized carbons (Fsp3) is 0.933. The van der Waals surface area contributed by atoms with E-state index in [1.165, 1.54) is 19.4 Å². The third-order valence-corrected chi connectivity index (χ3v) is 4.27. The second-order valence-corrected chi connectivity index (χ2v) is 5.73. The van der Waals surface area contributed by atoms with E-state index in [9.17, 15) is 4.79 Å². The maximum atomic E-state index is 11.9. The number of piperidine rings is 1. The molecule has 0 aromatic rings. The summed E-state index contributed by atoms with van der Waals surface area (Å²) < 4.78 is 0. The summed E-state index contributed by atoms with van der Waals surface area (Å²) in [6.07, 6.45) is 4.16. The van der Waals surface area contributed by atoms with Crippen molar-refractivity contribution in [2.24, 2.45) is 11.7 Å². The molecule has 1 amide bonds. The highest BCUT2D eigenvalue weighted by molar-refractivity contribution is 5.76. The molecule has 19 heavy (non-hydrogen) atoms. The highest BCUT2D eigenvalue weighted by atomic mass is 16.2. The quantitative estimate of drug-likeness (QED) is 0.765. The van der Waals surface area contributed by atoms with E-state index < -0.39 is 0 Å². The lowest BCUT2D eigenvalue weighted by atomic mass is 9.92. The molecule has 1 fully saturated rings. The van der Waals surface area contributed by atoms with Gasteiger partial charge in [0.05, 0.1) is 0 Å². The van der Waals surface area contributed by atoms with Gasteiger partial charge in [-0.15, -0.1) is 0 Å². The molecular formula is C15H31N3O. The summed E-state index contributed by atoms with van der Waals surface area (Å²) in [5.74, 6) is 0.929. The number of carbonyl (C=O) groups is 1. The molecule has 1 aliphatic heterocycles. The van der Waals surface area contributed by atoms with Crippen molar-refractivity contribution in [2.75, 3.05) is 32.7 Å². The van der Waals surface area contributed by atoms with Crippen molar-refractivity contribution in [3.05, 3.63) is 0 Å². The Balaban J connectivity index is 2.23. The van der Waals surface area contributed by atoms with E-state index in [2.05, 4.69) is 11.8 Å². The predicted molar refractivity (Wildman–Crippen MR) is 80.0 cm³/mol. The minimum Gasteiger partial charge on any atom is -0.343 e. The van der Waals surface area contributed by atoms with Crippen molar-refractivity contribution in [2.45, 2.75) is 52.5 Å². The van der Waals surface area contributed by atoms with Crippen LogP contribution in [-0.4, -0.2) is 54.5 Å². The first-order valence-electron chi connectivity index (χ1n) is 7.84. The molecule has 4 heteroatoms. The van der Waals surface area contributed by atoms with Gasteiger partial charge in [-0.05, 0) is 59.0 Å². The molecule has 2 atom stereocenters. The van der Waals surface area contributed by atoms with Crippen LogP contribution in [0.25, 0.3) is 0 Å². The highest BCUT2D eigenvalue weighted by Crippen LogP contribution is 2.19. The van der Waals surface area contributed by atoms with Gasteiger partial charge in [-0.2, -0.15) is 0 Å². The normalized spacial score (nSPS) is 22.2. The fourth-order valence-corrected chi connectivity index (χ4v) is 2.91. The SMILES string of the molecule is CCN(CC)C(=O)CCCN1CCCC(C(C)N)C1. The van der Waals surface area contributed by atoms with Crippen LogP contribution in [0.1, 0.15) is 46.5 Å². The van der Waals surface area contributed by atoms with Gasteiger partial charge in [0.15, 0.2) is 0 Å². The molecule has 4 nitrogen and oxygen atoms in total. The molecule has 0 aromatic heterocycles. The van der Waals surface area contributed by atoms with Gasteiger partial charge in [0.25, 0.3) is 0 Å². The van der Waals surface area contributed by atoms with Crippen LogP contribution in [0, 0.1) is 5.92 Å². The largest absolute Gasteiger partial charge is 0.343 e. The van der Waals surface area contributed by atoms with E-state index >= 15 is 0 Å². The molecule has 2 N–H and O–H groups in total. The first-order valence-corrected chi connectivity index (χ1v) is 7.84. The van der Waals surface area contributed by atoms with Crippen LogP contribution in [0.15, 0.2) is 0 Å². The van der Waals surface area contributed by atoms with Gasteiger partial charge in [0, 0.05) is 32.1 Å². The Labute approximate surface area is 118 Å². The second kappa shape index (κ2) is 8.54. The Kier molecular flexibility index (Phi) is 7.39. The van der Waals surface area contributed by atoms with Crippen molar-refractivity contribution in [3.63, 3.8) is 0 Å². The lowest BCUT2D eigenvalue weighted by Gasteiger charge is -2.34. The van der Waals surface area contributed by atoms with Crippen molar-refractivity contribution in [3.8, 4) is 0 Å². The van der Waals surface area contributed by atoms with Gasteiger partial charge in [0.1, 0.15) is 0 Å². The number of nitrogens with zero attached hydrogens (tertiary/aromatic N) is 2. The summed E-state index contributed by atoms with van der Waals surface area (Å²) in [6.45, 7) is 11.2. The second-order valence-electron chi connectivity index (χ2n) is 5.73. The van der Waals surface area contributed by atoms with E-state index in [1.807, 2.05) is 18.7 Å².